The van der Waals surface area contributed by atoms with Gasteiger partial charge in [-0.3, -0.25) is 14.5 Å². The zero-order valence-corrected chi connectivity index (χ0v) is 19.5. The molecule has 3 aromatic rings. The first-order chi connectivity index (χ1) is 16.7. The first-order valence-corrected chi connectivity index (χ1v) is 10.8. The minimum Gasteiger partial charge on any atom is -0.467 e. The fraction of sp³-hybridized carbons (Fsp3) is 0.300. The molecule has 1 saturated heterocycles. The molecule has 15 heteroatoms. The van der Waals surface area contributed by atoms with Crippen LogP contribution < -0.4 is 4.90 Å². The van der Waals surface area contributed by atoms with Crippen LogP contribution in [0.3, 0.4) is 0 Å². The predicted octanol–water partition coefficient (Wildman–Crippen LogP) is 2.13. The summed E-state index contributed by atoms with van der Waals surface area (Å²) in [5.41, 5.74) is 0.802. The first kappa shape index (κ1) is 24.5. The van der Waals surface area contributed by atoms with Crippen molar-refractivity contribution in [1.82, 2.24) is 29.7 Å². The number of carbonyl (C=O) groups excluding carboxylic acids is 3. The molecule has 0 spiro atoms. The number of benzene rings is 1. The molecule has 4 rings (SSSR count). The van der Waals surface area contributed by atoms with Crippen molar-refractivity contribution in [2.45, 2.75) is 19.0 Å². The van der Waals surface area contributed by atoms with Crippen molar-refractivity contribution >= 4 is 46.7 Å². The molecule has 2 aromatic heterocycles. The van der Waals surface area contributed by atoms with Gasteiger partial charge in [-0.25, -0.2) is 14.2 Å². The second kappa shape index (κ2) is 9.96. The normalized spacial score (nSPS) is 15.1. The summed E-state index contributed by atoms with van der Waals surface area (Å²) in [6.07, 6.45) is 2.25. The lowest BCUT2D eigenvalue weighted by Crippen LogP contribution is -2.59. The van der Waals surface area contributed by atoms with E-state index in [4.69, 9.17) is 27.9 Å². The number of hydrogen-bond acceptors (Lipinski definition) is 7. The number of aromatic nitrogens is 5. The van der Waals surface area contributed by atoms with Crippen LogP contribution in [0.4, 0.5) is 14.5 Å². The molecule has 35 heavy (non-hydrogen) atoms. The molecule has 184 valence electrons. The van der Waals surface area contributed by atoms with E-state index in [1.165, 1.54) is 27.9 Å². The van der Waals surface area contributed by atoms with Crippen LogP contribution >= 0.6 is 23.2 Å². The summed E-state index contributed by atoms with van der Waals surface area (Å²) in [4.78, 5) is 41.0. The fourth-order valence-corrected chi connectivity index (χ4v) is 3.95. The second-order valence-corrected chi connectivity index (χ2v) is 8.25. The number of amides is 2. The number of esters is 1. The Labute approximate surface area is 206 Å². The number of halogens is 4. The van der Waals surface area contributed by atoms with Crippen LogP contribution in [0.2, 0.25) is 10.2 Å². The summed E-state index contributed by atoms with van der Waals surface area (Å²) >= 11 is 12.0. The smallest absolute Gasteiger partial charge is 0.333 e. The van der Waals surface area contributed by atoms with E-state index in [1.807, 2.05) is 0 Å². The highest BCUT2D eigenvalue weighted by atomic mass is 35.5. The number of ether oxygens (including phenoxy) is 1. The lowest BCUT2D eigenvalue weighted by atomic mass is 10.1. The number of carbonyl (C=O) groups is 3. The molecule has 1 atom stereocenters. The standard InChI is InChI=1S/C20H17Cl2F2N7O4/c1-35-19(34)15(7-12-4-5-30(26-12)20(23)24)29-10-17(32)28(9-18(29)33)14-6-11(21)2-3-13(14)31-8-16(22)25-27-31/h2-6,8,15,20H,7,9-10H2,1H3. The maximum atomic E-state index is 13.2. The summed E-state index contributed by atoms with van der Waals surface area (Å²) < 4.78 is 32.3. The molecule has 0 saturated carbocycles. The highest BCUT2D eigenvalue weighted by molar-refractivity contribution is 6.31. The molecule has 0 aliphatic carbocycles. The second-order valence-electron chi connectivity index (χ2n) is 7.43. The monoisotopic (exact) mass is 527 g/mol. The van der Waals surface area contributed by atoms with Gasteiger partial charge in [-0.2, -0.15) is 13.9 Å². The van der Waals surface area contributed by atoms with Crippen molar-refractivity contribution in [2.75, 3.05) is 25.1 Å². The molecule has 1 aliphatic heterocycles. The molecule has 0 radical (unpaired) electrons. The van der Waals surface area contributed by atoms with E-state index in [-0.39, 0.29) is 23.0 Å². The van der Waals surface area contributed by atoms with Gasteiger partial charge in [0.1, 0.15) is 19.1 Å². The Morgan fingerprint density at radius 2 is 1.91 bits per heavy atom. The molecule has 3 heterocycles. The van der Waals surface area contributed by atoms with Gasteiger partial charge < -0.3 is 9.64 Å². The molecule has 0 bridgehead atoms. The SMILES string of the molecule is COC(=O)C(Cc1ccn(C(F)F)n1)N1CC(=O)N(c2cc(Cl)ccc2-n2cc(Cl)nn2)CC1=O. The van der Waals surface area contributed by atoms with Crippen molar-refractivity contribution in [3.63, 3.8) is 0 Å². The lowest BCUT2D eigenvalue weighted by Gasteiger charge is -2.37. The van der Waals surface area contributed by atoms with Gasteiger partial charge >= 0.3 is 12.5 Å². The average molecular weight is 528 g/mol. The summed E-state index contributed by atoms with van der Waals surface area (Å²) in [5.74, 6) is -1.91. The Morgan fingerprint density at radius 1 is 1.14 bits per heavy atom. The lowest BCUT2D eigenvalue weighted by molar-refractivity contribution is -0.154. The Morgan fingerprint density at radius 3 is 2.54 bits per heavy atom. The van der Waals surface area contributed by atoms with E-state index in [0.717, 1.165) is 18.2 Å². The van der Waals surface area contributed by atoms with Gasteiger partial charge in [-0.1, -0.05) is 28.4 Å². The van der Waals surface area contributed by atoms with Crippen LogP contribution in [0.15, 0.2) is 36.7 Å². The predicted molar refractivity (Wildman–Crippen MR) is 118 cm³/mol. The van der Waals surface area contributed by atoms with Crippen LogP contribution in [0, 0.1) is 0 Å². The van der Waals surface area contributed by atoms with Crippen LogP contribution in [-0.2, 0) is 25.5 Å². The zero-order valence-electron chi connectivity index (χ0n) is 18.0. The van der Waals surface area contributed by atoms with E-state index >= 15 is 0 Å². The summed E-state index contributed by atoms with van der Waals surface area (Å²) in [6.45, 7) is -3.76. The highest BCUT2D eigenvalue weighted by Gasteiger charge is 2.39. The van der Waals surface area contributed by atoms with Crippen LogP contribution in [0.25, 0.3) is 5.69 Å². The van der Waals surface area contributed by atoms with Crippen molar-refractivity contribution < 1.29 is 27.9 Å². The van der Waals surface area contributed by atoms with Gasteiger partial charge in [0.15, 0.2) is 5.15 Å². The molecule has 1 fully saturated rings. The van der Waals surface area contributed by atoms with Gasteiger partial charge in [0.05, 0.1) is 30.4 Å². The Hall–Kier alpha value is -3.58. The van der Waals surface area contributed by atoms with E-state index in [1.54, 1.807) is 12.1 Å². The molecule has 1 aliphatic rings. The topological polar surface area (TPSA) is 115 Å². The maximum Gasteiger partial charge on any atom is 0.333 e. The summed E-state index contributed by atoms with van der Waals surface area (Å²) in [7, 11) is 1.12. The van der Waals surface area contributed by atoms with E-state index < -0.39 is 43.5 Å². The van der Waals surface area contributed by atoms with Crippen LogP contribution in [0.1, 0.15) is 12.2 Å². The third-order valence-electron chi connectivity index (χ3n) is 5.28. The number of piperazine rings is 1. The number of nitrogens with zero attached hydrogens (tertiary/aromatic N) is 7. The average Bonchev–Trinajstić information content (AvgIpc) is 3.47. The summed E-state index contributed by atoms with van der Waals surface area (Å²) in [6, 6.07) is 4.70. The van der Waals surface area contributed by atoms with E-state index in [0.29, 0.717) is 15.4 Å². The zero-order chi connectivity index (χ0) is 25.3. The Balaban J connectivity index is 1.61. The molecule has 1 aromatic carbocycles. The first-order valence-electron chi connectivity index (χ1n) is 10.1. The molecule has 11 nitrogen and oxygen atoms in total. The summed E-state index contributed by atoms with van der Waals surface area (Å²) in [5, 5.41) is 11.7. The maximum absolute atomic E-state index is 13.2. The molecule has 2 amide bonds. The molecular weight excluding hydrogens is 511 g/mol. The minimum atomic E-state index is -2.86. The largest absolute Gasteiger partial charge is 0.467 e. The number of methoxy groups -OCH3 is 1. The van der Waals surface area contributed by atoms with Crippen molar-refractivity contribution in [1.29, 1.82) is 0 Å². The van der Waals surface area contributed by atoms with Crippen LogP contribution in [0.5, 0.6) is 0 Å². The Bertz CT molecular complexity index is 1280. The third-order valence-corrected chi connectivity index (χ3v) is 5.68. The Kier molecular flexibility index (Phi) is 6.98. The minimum absolute atomic E-state index is 0.119. The quantitative estimate of drug-likeness (QED) is 0.432. The molecule has 1 unspecified atom stereocenters. The highest BCUT2D eigenvalue weighted by Crippen LogP contribution is 2.30. The number of anilines is 1. The van der Waals surface area contributed by atoms with Gasteiger partial charge in [0.25, 0.3) is 0 Å². The van der Waals surface area contributed by atoms with Crippen molar-refractivity contribution in [3.8, 4) is 5.69 Å². The van der Waals surface area contributed by atoms with Crippen LogP contribution in [-0.4, -0.2) is 73.7 Å². The van der Waals surface area contributed by atoms with Gasteiger partial charge in [-0.05, 0) is 24.3 Å². The van der Waals surface area contributed by atoms with Gasteiger partial charge in [0, 0.05) is 17.6 Å². The van der Waals surface area contributed by atoms with Crippen molar-refractivity contribution in [2.24, 2.45) is 0 Å². The number of rotatable bonds is 7. The van der Waals surface area contributed by atoms with E-state index in [9.17, 15) is 23.2 Å². The molecule has 0 N–H and O–H groups in total. The number of hydrogen-bond donors (Lipinski definition) is 0. The molecular formula is C20H17Cl2F2N7O4. The fourth-order valence-electron chi connectivity index (χ4n) is 3.65. The third kappa shape index (κ3) is 5.10. The van der Waals surface area contributed by atoms with E-state index in [2.05, 4.69) is 15.4 Å². The number of alkyl halides is 2. The van der Waals surface area contributed by atoms with Crippen molar-refractivity contribution in [3.05, 3.63) is 52.5 Å². The van der Waals surface area contributed by atoms with Gasteiger partial charge in [0.2, 0.25) is 11.8 Å². The van der Waals surface area contributed by atoms with Gasteiger partial charge in [-0.15, -0.1) is 5.10 Å².